The number of nitrogens with zero attached hydrogens (tertiary/aromatic N) is 1. The maximum atomic E-state index is 13.0. The summed E-state index contributed by atoms with van der Waals surface area (Å²) >= 11 is 0. The number of benzene rings is 1. The van der Waals surface area contributed by atoms with Gasteiger partial charge in [-0.1, -0.05) is 0 Å². The molecule has 0 spiro atoms. The van der Waals surface area contributed by atoms with Gasteiger partial charge >= 0.3 is 6.18 Å². The van der Waals surface area contributed by atoms with E-state index in [2.05, 4.69) is 10.0 Å². The van der Waals surface area contributed by atoms with Crippen molar-refractivity contribution in [3.63, 3.8) is 0 Å². The standard InChI is InChI=1S/C15H16F3N3O2S/c16-15(17,18)14-7-13(4-1-9(14)8-19)24(22,23)21-12-5-10-2-3-11(6-12)20-10/h1,4,7,10-12,20-21H,2-3,5-6H2. The Balaban J connectivity index is 1.86. The number of nitriles is 1. The van der Waals surface area contributed by atoms with E-state index in [4.69, 9.17) is 5.26 Å². The lowest BCUT2D eigenvalue weighted by molar-refractivity contribution is -0.137. The number of hydrogen-bond acceptors (Lipinski definition) is 4. The van der Waals surface area contributed by atoms with Crippen LogP contribution in [-0.4, -0.2) is 26.5 Å². The molecule has 2 bridgehead atoms. The van der Waals surface area contributed by atoms with Gasteiger partial charge in [0.05, 0.1) is 22.1 Å². The molecule has 9 heteroatoms. The number of sulfonamides is 1. The summed E-state index contributed by atoms with van der Waals surface area (Å²) in [5.74, 6) is 0. The minimum absolute atomic E-state index is 0.253. The predicted octanol–water partition coefficient (Wildman–Crippen LogP) is 2.14. The Hall–Kier alpha value is -1.63. The third kappa shape index (κ3) is 3.41. The van der Waals surface area contributed by atoms with Crippen LogP contribution in [0.2, 0.25) is 0 Å². The van der Waals surface area contributed by atoms with Crippen LogP contribution in [0.25, 0.3) is 0 Å². The zero-order chi connectivity index (χ0) is 17.5. The average molecular weight is 359 g/mol. The molecule has 0 saturated carbocycles. The molecular weight excluding hydrogens is 343 g/mol. The second-order valence-corrected chi connectivity index (χ2v) is 7.96. The summed E-state index contributed by atoms with van der Waals surface area (Å²) in [5, 5.41) is 12.2. The second-order valence-electron chi connectivity index (χ2n) is 6.24. The number of piperidine rings is 1. The highest BCUT2D eigenvalue weighted by atomic mass is 32.2. The summed E-state index contributed by atoms with van der Waals surface area (Å²) in [7, 11) is -4.07. The van der Waals surface area contributed by atoms with E-state index in [1.807, 2.05) is 0 Å². The molecule has 0 aliphatic carbocycles. The van der Waals surface area contributed by atoms with Crippen LogP contribution in [0.1, 0.15) is 36.8 Å². The monoisotopic (exact) mass is 359 g/mol. The lowest BCUT2D eigenvalue weighted by Crippen LogP contribution is -2.47. The van der Waals surface area contributed by atoms with Crippen LogP contribution in [0.5, 0.6) is 0 Å². The van der Waals surface area contributed by atoms with Crippen LogP contribution in [0.15, 0.2) is 23.1 Å². The van der Waals surface area contributed by atoms with E-state index in [-0.39, 0.29) is 18.1 Å². The molecule has 2 aliphatic rings. The molecule has 0 aromatic heterocycles. The zero-order valence-corrected chi connectivity index (χ0v) is 13.4. The Morgan fingerprint density at radius 2 is 1.83 bits per heavy atom. The fourth-order valence-electron chi connectivity index (χ4n) is 3.46. The van der Waals surface area contributed by atoms with E-state index >= 15 is 0 Å². The molecule has 5 nitrogen and oxygen atoms in total. The summed E-state index contributed by atoms with van der Waals surface area (Å²) in [6.45, 7) is 0. The van der Waals surface area contributed by atoms with Gasteiger partial charge in [-0.25, -0.2) is 13.1 Å². The van der Waals surface area contributed by atoms with Crippen molar-refractivity contribution >= 4 is 10.0 Å². The molecule has 2 N–H and O–H groups in total. The van der Waals surface area contributed by atoms with Crippen molar-refractivity contribution in [1.82, 2.24) is 10.0 Å². The van der Waals surface area contributed by atoms with Crippen molar-refractivity contribution in [1.29, 1.82) is 5.26 Å². The Labute approximate surface area is 137 Å². The van der Waals surface area contributed by atoms with E-state index < -0.39 is 32.2 Å². The van der Waals surface area contributed by atoms with Gasteiger partial charge in [-0.3, -0.25) is 0 Å². The largest absolute Gasteiger partial charge is 0.417 e. The van der Waals surface area contributed by atoms with Crippen LogP contribution in [0.4, 0.5) is 13.2 Å². The summed E-state index contributed by atoms with van der Waals surface area (Å²) in [5.41, 5.74) is -1.83. The van der Waals surface area contributed by atoms with Crippen LogP contribution in [0.3, 0.4) is 0 Å². The SMILES string of the molecule is N#Cc1ccc(S(=O)(=O)NC2CC3CCC(C2)N3)cc1C(F)(F)F. The minimum atomic E-state index is -4.79. The molecule has 130 valence electrons. The number of halogens is 3. The van der Waals surface area contributed by atoms with Gasteiger partial charge in [0, 0.05) is 18.1 Å². The summed E-state index contributed by atoms with van der Waals surface area (Å²) in [4.78, 5) is -0.472. The van der Waals surface area contributed by atoms with Gasteiger partial charge in [0.15, 0.2) is 0 Å². The highest BCUT2D eigenvalue weighted by Gasteiger charge is 2.37. The highest BCUT2D eigenvalue weighted by molar-refractivity contribution is 7.89. The van der Waals surface area contributed by atoms with Crippen molar-refractivity contribution in [3.8, 4) is 6.07 Å². The van der Waals surface area contributed by atoms with Gasteiger partial charge in [-0.2, -0.15) is 18.4 Å². The lowest BCUT2D eigenvalue weighted by atomic mass is 10.0. The maximum Gasteiger partial charge on any atom is 0.417 e. The van der Waals surface area contributed by atoms with Crippen LogP contribution < -0.4 is 10.0 Å². The second kappa shape index (κ2) is 6.02. The molecular formula is C15H16F3N3O2S. The average Bonchev–Trinajstić information content (AvgIpc) is 2.84. The molecule has 24 heavy (non-hydrogen) atoms. The molecule has 2 unspecified atom stereocenters. The van der Waals surface area contributed by atoms with Gasteiger partial charge in [0.25, 0.3) is 0 Å². The van der Waals surface area contributed by atoms with E-state index in [0.717, 1.165) is 25.0 Å². The number of fused-ring (bicyclic) bond motifs is 2. The molecule has 2 atom stereocenters. The number of rotatable bonds is 3. The lowest BCUT2D eigenvalue weighted by Gasteiger charge is -2.29. The van der Waals surface area contributed by atoms with Crippen molar-refractivity contribution in [2.24, 2.45) is 0 Å². The van der Waals surface area contributed by atoms with Gasteiger partial charge in [0.1, 0.15) is 0 Å². The first-order chi connectivity index (χ1) is 11.2. The molecule has 2 heterocycles. The topological polar surface area (TPSA) is 82.0 Å². The van der Waals surface area contributed by atoms with Gasteiger partial charge in [-0.15, -0.1) is 0 Å². The van der Waals surface area contributed by atoms with Gasteiger partial charge < -0.3 is 5.32 Å². The molecule has 2 saturated heterocycles. The van der Waals surface area contributed by atoms with Gasteiger partial charge in [-0.05, 0) is 43.9 Å². The minimum Gasteiger partial charge on any atom is -0.311 e. The first kappa shape index (κ1) is 17.2. The Kier molecular flexibility index (Phi) is 4.32. The third-order valence-electron chi connectivity index (χ3n) is 4.52. The van der Waals surface area contributed by atoms with E-state index in [9.17, 15) is 21.6 Å². The molecule has 0 amide bonds. The summed E-state index contributed by atoms with van der Waals surface area (Å²) < 4.78 is 66.4. The number of alkyl halides is 3. The van der Waals surface area contributed by atoms with Crippen molar-refractivity contribution in [2.75, 3.05) is 0 Å². The Morgan fingerprint density at radius 1 is 1.21 bits per heavy atom. The summed E-state index contributed by atoms with van der Waals surface area (Å²) in [6.07, 6.45) is -1.57. The van der Waals surface area contributed by atoms with E-state index in [0.29, 0.717) is 18.9 Å². The van der Waals surface area contributed by atoms with Crippen molar-refractivity contribution < 1.29 is 21.6 Å². The Morgan fingerprint density at radius 3 is 2.38 bits per heavy atom. The molecule has 2 aliphatic heterocycles. The molecule has 0 radical (unpaired) electrons. The van der Waals surface area contributed by atoms with E-state index in [1.54, 1.807) is 0 Å². The number of hydrogen-bond donors (Lipinski definition) is 2. The number of nitrogens with one attached hydrogen (secondary N) is 2. The van der Waals surface area contributed by atoms with Crippen molar-refractivity contribution in [2.45, 2.75) is 54.9 Å². The molecule has 2 fully saturated rings. The van der Waals surface area contributed by atoms with Crippen LogP contribution >= 0.6 is 0 Å². The Bertz CT molecular complexity index is 774. The smallest absolute Gasteiger partial charge is 0.311 e. The highest BCUT2D eigenvalue weighted by Crippen LogP contribution is 2.34. The quantitative estimate of drug-likeness (QED) is 0.866. The first-order valence-electron chi connectivity index (χ1n) is 7.59. The summed E-state index contributed by atoms with van der Waals surface area (Å²) in [6, 6.07) is 4.10. The fourth-order valence-corrected chi connectivity index (χ4v) is 4.75. The molecule has 1 aromatic carbocycles. The maximum absolute atomic E-state index is 13.0. The third-order valence-corrected chi connectivity index (χ3v) is 6.04. The predicted molar refractivity (Wildman–Crippen MR) is 79.4 cm³/mol. The molecule has 3 rings (SSSR count). The normalized spacial score (nSPS) is 27.0. The van der Waals surface area contributed by atoms with E-state index in [1.165, 1.54) is 6.07 Å². The van der Waals surface area contributed by atoms with Gasteiger partial charge in [0.2, 0.25) is 10.0 Å². The van der Waals surface area contributed by atoms with Crippen LogP contribution in [-0.2, 0) is 16.2 Å². The molecule has 1 aromatic rings. The van der Waals surface area contributed by atoms with Crippen LogP contribution in [0, 0.1) is 11.3 Å². The first-order valence-corrected chi connectivity index (χ1v) is 9.07. The van der Waals surface area contributed by atoms with Crippen molar-refractivity contribution in [3.05, 3.63) is 29.3 Å². The zero-order valence-electron chi connectivity index (χ0n) is 12.6. The fraction of sp³-hybridized carbons (Fsp3) is 0.533.